The quantitative estimate of drug-likeness (QED) is 0.252. The second kappa shape index (κ2) is 10.4. The molecule has 2 saturated carbocycles. The van der Waals surface area contributed by atoms with E-state index in [9.17, 15) is 10.1 Å². The second-order valence-corrected chi connectivity index (χ2v) is 9.65. The molecule has 1 aromatic heterocycles. The zero-order chi connectivity index (χ0) is 21.6. The molecule has 2 aliphatic rings. The fourth-order valence-corrected chi connectivity index (χ4v) is 5.72. The van der Waals surface area contributed by atoms with Crippen molar-refractivity contribution in [1.82, 2.24) is 10.1 Å². The fourth-order valence-electron chi connectivity index (χ4n) is 5.72. The summed E-state index contributed by atoms with van der Waals surface area (Å²) in [7, 11) is 0. The van der Waals surface area contributed by atoms with Crippen LogP contribution in [0.1, 0.15) is 95.7 Å². The molecule has 0 amide bonds. The first-order valence-electron chi connectivity index (χ1n) is 12.2. The van der Waals surface area contributed by atoms with Crippen LogP contribution in [-0.4, -0.2) is 15.1 Å². The Morgan fingerprint density at radius 3 is 2.23 bits per heavy atom. The van der Waals surface area contributed by atoms with Gasteiger partial charge in [0.15, 0.2) is 5.82 Å². The first-order valence-corrected chi connectivity index (χ1v) is 12.2. The molecule has 0 saturated heterocycles. The van der Waals surface area contributed by atoms with Gasteiger partial charge in [0.05, 0.1) is 4.92 Å². The van der Waals surface area contributed by atoms with Crippen LogP contribution >= 0.6 is 0 Å². The number of non-ortho nitro benzene ring substituents is 1. The zero-order valence-corrected chi connectivity index (χ0v) is 18.7. The van der Waals surface area contributed by atoms with E-state index in [2.05, 4.69) is 17.1 Å². The average Bonchev–Trinajstić information content (AvgIpc) is 3.30. The van der Waals surface area contributed by atoms with Crippen LogP contribution in [0.15, 0.2) is 28.8 Å². The van der Waals surface area contributed by atoms with E-state index in [4.69, 9.17) is 4.52 Å². The van der Waals surface area contributed by atoms with E-state index in [-0.39, 0.29) is 5.69 Å². The molecule has 0 spiro atoms. The van der Waals surface area contributed by atoms with Crippen molar-refractivity contribution in [3.05, 3.63) is 40.2 Å². The zero-order valence-electron chi connectivity index (χ0n) is 18.7. The Labute approximate surface area is 185 Å². The second-order valence-electron chi connectivity index (χ2n) is 9.65. The minimum Gasteiger partial charge on any atom is -0.334 e. The number of hydrogen-bond donors (Lipinski definition) is 0. The summed E-state index contributed by atoms with van der Waals surface area (Å²) < 4.78 is 5.47. The highest BCUT2D eigenvalue weighted by Gasteiger charge is 2.32. The first-order chi connectivity index (χ1) is 15.1. The van der Waals surface area contributed by atoms with Gasteiger partial charge in [-0.2, -0.15) is 4.98 Å². The molecule has 2 fully saturated rings. The molecule has 0 atom stereocenters. The fraction of sp³-hybridized carbons (Fsp3) is 0.680. The molecule has 4 rings (SSSR count). The number of hydrogen-bond acceptors (Lipinski definition) is 5. The molecular weight excluding hydrogens is 390 g/mol. The SMILES string of the molecule is CCCCCC1CCC(C2CCC(c3noc(-c4ccc([N+](=O)[O-])cc4)n3)CC2)CC1. The summed E-state index contributed by atoms with van der Waals surface area (Å²) in [5.41, 5.74) is 0.797. The minimum absolute atomic E-state index is 0.0665. The van der Waals surface area contributed by atoms with Gasteiger partial charge in [-0.15, -0.1) is 0 Å². The van der Waals surface area contributed by atoms with E-state index < -0.39 is 4.92 Å². The topological polar surface area (TPSA) is 82.1 Å². The molecule has 6 nitrogen and oxygen atoms in total. The van der Waals surface area contributed by atoms with Crippen LogP contribution in [0.2, 0.25) is 0 Å². The molecule has 0 aliphatic heterocycles. The molecule has 6 heteroatoms. The highest BCUT2D eigenvalue weighted by molar-refractivity contribution is 5.55. The summed E-state index contributed by atoms with van der Waals surface area (Å²) in [4.78, 5) is 15.0. The van der Waals surface area contributed by atoms with Gasteiger partial charge in [0, 0.05) is 23.6 Å². The lowest BCUT2D eigenvalue weighted by molar-refractivity contribution is -0.384. The highest BCUT2D eigenvalue weighted by Crippen LogP contribution is 2.44. The lowest BCUT2D eigenvalue weighted by Crippen LogP contribution is -2.25. The van der Waals surface area contributed by atoms with Gasteiger partial charge in [-0.3, -0.25) is 10.1 Å². The molecule has 0 N–H and O–H groups in total. The van der Waals surface area contributed by atoms with Gasteiger partial charge < -0.3 is 4.52 Å². The van der Waals surface area contributed by atoms with Crippen LogP contribution in [0.4, 0.5) is 5.69 Å². The third kappa shape index (κ3) is 5.52. The predicted molar refractivity (Wildman–Crippen MR) is 121 cm³/mol. The van der Waals surface area contributed by atoms with Crippen LogP contribution in [0.3, 0.4) is 0 Å². The largest absolute Gasteiger partial charge is 0.334 e. The van der Waals surface area contributed by atoms with Gasteiger partial charge in [-0.1, -0.05) is 50.6 Å². The van der Waals surface area contributed by atoms with Crippen molar-refractivity contribution in [2.24, 2.45) is 17.8 Å². The number of unbranched alkanes of at least 4 members (excludes halogenated alkanes) is 2. The number of nitro groups is 1. The standard InChI is InChI=1S/C25H35N3O3/c1-2-3-4-5-18-6-8-19(9-7-18)20-10-12-21(13-11-20)24-26-25(31-27-24)22-14-16-23(17-15-22)28(29)30/h14-21H,2-13H2,1H3. The summed E-state index contributed by atoms with van der Waals surface area (Å²) in [6.45, 7) is 2.29. The van der Waals surface area contributed by atoms with Crippen molar-refractivity contribution in [1.29, 1.82) is 0 Å². The van der Waals surface area contributed by atoms with Crippen molar-refractivity contribution in [2.75, 3.05) is 0 Å². The maximum absolute atomic E-state index is 10.8. The van der Waals surface area contributed by atoms with E-state index in [1.807, 2.05) is 0 Å². The van der Waals surface area contributed by atoms with Crippen molar-refractivity contribution in [3.8, 4) is 11.5 Å². The van der Waals surface area contributed by atoms with Crippen molar-refractivity contribution < 1.29 is 9.45 Å². The molecular formula is C25H35N3O3. The van der Waals surface area contributed by atoms with Crippen LogP contribution in [0.5, 0.6) is 0 Å². The monoisotopic (exact) mass is 425 g/mol. The number of nitrogens with zero attached hydrogens (tertiary/aromatic N) is 3. The Balaban J connectivity index is 1.25. The van der Waals surface area contributed by atoms with Crippen LogP contribution in [0, 0.1) is 27.9 Å². The van der Waals surface area contributed by atoms with Crippen LogP contribution in [-0.2, 0) is 0 Å². The van der Waals surface area contributed by atoms with Gasteiger partial charge in [0.1, 0.15) is 0 Å². The predicted octanol–water partition coefficient (Wildman–Crippen LogP) is 7.31. The summed E-state index contributed by atoms with van der Waals surface area (Å²) in [6, 6.07) is 6.29. The minimum atomic E-state index is -0.402. The number of aromatic nitrogens is 2. The Morgan fingerprint density at radius 2 is 1.61 bits per heavy atom. The van der Waals surface area contributed by atoms with Crippen molar-refractivity contribution in [3.63, 3.8) is 0 Å². The smallest absolute Gasteiger partial charge is 0.269 e. The van der Waals surface area contributed by atoms with Gasteiger partial charge in [-0.25, -0.2) is 0 Å². The molecule has 2 aromatic rings. The molecule has 2 aliphatic carbocycles. The van der Waals surface area contributed by atoms with E-state index in [1.165, 1.54) is 76.3 Å². The van der Waals surface area contributed by atoms with Gasteiger partial charge in [0.25, 0.3) is 11.6 Å². The molecule has 0 radical (unpaired) electrons. The van der Waals surface area contributed by atoms with Gasteiger partial charge in [-0.05, 0) is 68.4 Å². The third-order valence-electron chi connectivity index (χ3n) is 7.68. The Hall–Kier alpha value is -2.24. The van der Waals surface area contributed by atoms with Crippen LogP contribution < -0.4 is 0 Å². The van der Waals surface area contributed by atoms with E-state index in [1.54, 1.807) is 12.1 Å². The Morgan fingerprint density at radius 1 is 0.968 bits per heavy atom. The maximum atomic E-state index is 10.8. The van der Waals surface area contributed by atoms with E-state index in [0.29, 0.717) is 11.8 Å². The maximum Gasteiger partial charge on any atom is 0.269 e. The Kier molecular flexibility index (Phi) is 7.36. The van der Waals surface area contributed by atoms with E-state index in [0.717, 1.165) is 42.0 Å². The first kappa shape index (κ1) is 22.0. The lowest BCUT2D eigenvalue weighted by Gasteiger charge is -2.37. The van der Waals surface area contributed by atoms with Crippen molar-refractivity contribution in [2.45, 2.75) is 89.9 Å². The average molecular weight is 426 g/mol. The van der Waals surface area contributed by atoms with Crippen LogP contribution in [0.25, 0.3) is 11.5 Å². The normalized spacial score (nSPS) is 26.6. The number of benzene rings is 1. The Bertz CT molecular complexity index is 832. The molecule has 168 valence electrons. The molecule has 0 bridgehead atoms. The summed E-state index contributed by atoms with van der Waals surface area (Å²) >= 11 is 0. The molecule has 0 unspecified atom stereocenters. The molecule has 31 heavy (non-hydrogen) atoms. The summed E-state index contributed by atoms with van der Waals surface area (Å²) in [6.07, 6.45) is 16.2. The molecule has 1 heterocycles. The summed E-state index contributed by atoms with van der Waals surface area (Å²) in [5, 5.41) is 15.1. The number of nitro benzene ring substituents is 1. The molecule has 1 aromatic carbocycles. The van der Waals surface area contributed by atoms with Gasteiger partial charge >= 0.3 is 0 Å². The van der Waals surface area contributed by atoms with Crippen molar-refractivity contribution >= 4 is 5.69 Å². The highest BCUT2D eigenvalue weighted by atomic mass is 16.6. The van der Waals surface area contributed by atoms with E-state index >= 15 is 0 Å². The summed E-state index contributed by atoms with van der Waals surface area (Å²) in [5.74, 6) is 4.39. The third-order valence-corrected chi connectivity index (χ3v) is 7.68. The number of rotatable bonds is 8. The van der Waals surface area contributed by atoms with Gasteiger partial charge in [0.2, 0.25) is 0 Å². The lowest BCUT2D eigenvalue weighted by atomic mass is 9.68.